The van der Waals surface area contributed by atoms with Crippen LogP contribution in [0.3, 0.4) is 0 Å². The summed E-state index contributed by atoms with van der Waals surface area (Å²) in [6.07, 6.45) is 2.73. The number of likely N-dealkylation sites (tertiary alicyclic amines) is 1. The van der Waals surface area contributed by atoms with Gasteiger partial charge >= 0.3 is 0 Å². The van der Waals surface area contributed by atoms with Crippen molar-refractivity contribution in [1.29, 1.82) is 0 Å². The highest BCUT2D eigenvalue weighted by Gasteiger charge is 2.29. The zero-order valence-corrected chi connectivity index (χ0v) is 14.4. The Balaban J connectivity index is 1.41. The lowest BCUT2D eigenvalue weighted by Crippen LogP contribution is -2.38. The van der Waals surface area contributed by atoms with Gasteiger partial charge in [0.25, 0.3) is 0 Å². The average Bonchev–Trinajstić information content (AvgIpc) is 3.18. The Labute approximate surface area is 146 Å². The van der Waals surface area contributed by atoms with E-state index in [2.05, 4.69) is 17.4 Å². The van der Waals surface area contributed by atoms with Gasteiger partial charge in [0.05, 0.1) is 12.5 Å². The molecule has 5 heteroatoms. The second-order valence-corrected chi connectivity index (χ2v) is 6.99. The van der Waals surface area contributed by atoms with Gasteiger partial charge in [-0.2, -0.15) is 11.3 Å². The van der Waals surface area contributed by atoms with Gasteiger partial charge in [-0.3, -0.25) is 9.59 Å². The van der Waals surface area contributed by atoms with Gasteiger partial charge in [0.2, 0.25) is 11.8 Å². The maximum absolute atomic E-state index is 12.1. The molecule has 1 aromatic heterocycles. The van der Waals surface area contributed by atoms with Gasteiger partial charge in [0, 0.05) is 19.5 Å². The average molecular weight is 342 g/mol. The van der Waals surface area contributed by atoms with Crippen molar-refractivity contribution in [2.75, 3.05) is 13.1 Å². The molecule has 1 saturated heterocycles. The number of hydrogen-bond donors (Lipinski definition) is 1. The number of thiophene rings is 1. The van der Waals surface area contributed by atoms with E-state index in [0.29, 0.717) is 19.4 Å². The quantitative estimate of drug-likeness (QED) is 0.841. The lowest BCUT2D eigenvalue weighted by Gasteiger charge is -2.17. The third kappa shape index (κ3) is 4.68. The lowest BCUT2D eigenvalue weighted by atomic mass is 10.1. The molecule has 0 saturated carbocycles. The van der Waals surface area contributed by atoms with E-state index in [1.807, 2.05) is 39.9 Å². The van der Waals surface area contributed by atoms with Crippen molar-refractivity contribution in [3.05, 3.63) is 58.3 Å². The molecule has 0 spiro atoms. The molecule has 4 nitrogen and oxygen atoms in total. The van der Waals surface area contributed by atoms with E-state index < -0.39 is 0 Å². The topological polar surface area (TPSA) is 49.4 Å². The first kappa shape index (κ1) is 16.7. The van der Waals surface area contributed by atoms with Crippen LogP contribution in [0, 0.1) is 0 Å². The molecule has 2 aromatic rings. The summed E-state index contributed by atoms with van der Waals surface area (Å²) in [5.74, 6) is 0.140. The first-order valence-electron chi connectivity index (χ1n) is 8.33. The van der Waals surface area contributed by atoms with Crippen LogP contribution in [0.4, 0.5) is 0 Å². The van der Waals surface area contributed by atoms with E-state index in [1.165, 1.54) is 5.56 Å². The molecule has 0 radical (unpaired) electrons. The van der Waals surface area contributed by atoms with Gasteiger partial charge in [-0.25, -0.2) is 0 Å². The van der Waals surface area contributed by atoms with Crippen LogP contribution >= 0.6 is 11.3 Å². The van der Waals surface area contributed by atoms with E-state index in [4.69, 9.17) is 0 Å². The molecule has 1 aliphatic heterocycles. The number of benzene rings is 1. The molecule has 126 valence electrons. The molecular weight excluding hydrogens is 320 g/mol. The van der Waals surface area contributed by atoms with Crippen LogP contribution < -0.4 is 5.32 Å². The van der Waals surface area contributed by atoms with Crippen molar-refractivity contribution in [1.82, 2.24) is 10.2 Å². The highest BCUT2D eigenvalue weighted by Crippen LogP contribution is 2.14. The van der Waals surface area contributed by atoms with Crippen molar-refractivity contribution < 1.29 is 9.59 Å². The Hall–Kier alpha value is -2.14. The molecule has 2 amide bonds. The molecule has 0 aliphatic carbocycles. The van der Waals surface area contributed by atoms with Gasteiger partial charge < -0.3 is 10.2 Å². The predicted molar refractivity (Wildman–Crippen MR) is 95.9 cm³/mol. The monoisotopic (exact) mass is 342 g/mol. The van der Waals surface area contributed by atoms with Crippen LogP contribution in [-0.4, -0.2) is 35.8 Å². The first-order chi connectivity index (χ1) is 11.7. The summed E-state index contributed by atoms with van der Waals surface area (Å²) >= 11 is 1.59. The summed E-state index contributed by atoms with van der Waals surface area (Å²) < 4.78 is 0. The van der Waals surface area contributed by atoms with Gasteiger partial charge in [-0.05, 0) is 40.8 Å². The minimum Gasteiger partial charge on any atom is -0.351 e. The van der Waals surface area contributed by atoms with E-state index in [9.17, 15) is 9.59 Å². The van der Waals surface area contributed by atoms with Gasteiger partial charge in [0.15, 0.2) is 0 Å². The Bertz CT molecular complexity index is 670. The predicted octanol–water partition coefficient (Wildman–Crippen LogP) is 2.64. The van der Waals surface area contributed by atoms with E-state index >= 15 is 0 Å². The third-order valence-electron chi connectivity index (χ3n) is 4.26. The highest BCUT2D eigenvalue weighted by molar-refractivity contribution is 7.08. The van der Waals surface area contributed by atoms with E-state index in [1.54, 1.807) is 11.3 Å². The summed E-state index contributed by atoms with van der Waals surface area (Å²) in [5, 5.41) is 6.94. The number of nitrogens with zero attached hydrogens (tertiary/aromatic N) is 1. The Morgan fingerprint density at radius 2 is 2.04 bits per heavy atom. The number of carbonyl (C=O) groups excluding carboxylic acids is 2. The molecule has 24 heavy (non-hydrogen) atoms. The summed E-state index contributed by atoms with van der Waals surface area (Å²) in [4.78, 5) is 26.0. The minimum absolute atomic E-state index is 0.00247. The van der Waals surface area contributed by atoms with Crippen molar-refractivity contribution in [2.24, 2.45) is 0 Å². The second-order valence-electron chi connectivity index (χ2n) is 6.21. The summed E-state index contributed by atoms with van der Waals surface area (Å²) in [5.41, 5.74) is 2.33. The van der Waals surface area contributed by atoms with Crippen molar-refractivity contribution in [3.63, 3.8) is 0 Å². The fraction of sp³-hybridized carbons (Fsp3) is 0.368. The molecule has 1 aromatic carbocycles. The van der Waals surface area contributed by atoms with Crippen LogP contribution in [0.2, 0.25) is 0 Å². The zero-order valence-electron chi connectivity index (χ0n) is 13.6. The van der Waals surface area contributed by atoms with Crippen LogP contribution in [0.15, 0.2) is 47.2 Å². The fourth-order valence-electron chi connectivity index (χ4n) is 3.06. The smallest absolute Gasteiger partial charge is 0.224 e. The van der Waals surface area contributed by atoms with Gasteiger partial charge in [-0.1, -0.05) is 30.3 Å². The van der Waals surface area contributed by atoms with E-state index in [-0.39, 0.29) is 17.9 Å². The number of aryl methyl sites for hydroxylation is 1. The Morgan fingerprint density at radius 1 is 1.21 bits per heavy atom. The van der Waals surface area contributed by atoms with E-state index in [0.717, 1.165) is 24.9 Å². The minimum atomic E-state index is -0.0552. The molecule has 2 heterocycles. The molecule has 3 rings (SSSR count). The molecule has 1 fully saturated rings. The van der Waals surface area contributed by atoms with Crippen molar-refractivity contribution >= 4 is 23.2 Å². The van der Waals surface area contributed by atoms with Crippen LogP contribution in [0.5, 0.6) is 0 Å². The number of carbonyl (C=O) groups is 2. The molecule has 1 atom stereocenters. The molecule has 1 N–H and O–H groups in total. The fourth-order valence-corrected chi connectivity index (χ4v) is 3.73. The number of nitrogens with one attached hydrogen (secondary N) is 1. The highest BCUT2D eigenvalue weighted by atomic mass is 32.1. The molecule has 0 bridgehead atoms. The van der Waals surface area contributed by atoms with Gasteiger partial charge in [0.1, 0.15) is 0 Å². The van der Waals surface area contributed by atoms with Crippen molar-refractivity contribution in [2.45, 2.75) is 31.7 Å². The number of amides is 2. The normalized spacial score (nSPS) is 17.2. The maximum atomic E-state index is 12.1. The molecule has 1 aliphatic rings. The molecular formula is C19H22N2O2S. The largest absolute Gasteiger partial charge is 0.351 e. The Morgan fingerprint density at radius 3 is 2.79 bits per heavy atom. The van der Waals surface area contributed by atoms with Gasteiger partial charge in [-0.15, -0.1) is 0 Å². The number of rotatable bonds is 7. The lowest BCUT2D eigenvalue weighted by molar-refractivity contribution is -0.127. The van der Waals surface area contributed by atoms with Crippen molar-refractivity contribution in [3.8, 4) is 0 Å². The summed E-state index contributed by atoms with van der Waals surface area (Å²) in [6, 6.07) is 12.2. The zero-order chi connectivity index (χ0) is 16.8. The summed E-state index contributed by atoms with van der Waals surface area (Å²) in [6.45, 7) is 1.38. The second kappa shape index (κ2) is 8.11. The Kier molecular flexibility index (Phi) is 5.64. The SMILES string of the molecule is O=C(Cc1ccsc1)N[C@@H]1CC(=O)N(CCCc2ccccc2)C1. The van der Waals surface area contributed by atoms with Crippen LogP contribution in [0.25, 0.3) is 0 Å². The molecule has 0 unspecified atom stereocenters. The maximum Gasteiger partial charge on any atom is 0.224 e. The van der Waals surface area contributed by atoms with Crippen LogP contribution in [-0.2, 0) is 22.4 Å². The van der Waals surface area contributed by atoms with Crippen LogP contribution in [0.1, 0.15) is 24.0 Å². The first-order valence-corrected chi connectivity index (χ1v) is 9.27. The number of hydrogen-bond acceptors (Lipinski definition) is 3. The third-order valence-corrected chi connectivity index (χ3v) is 4.99. The summed E-state index contributed by atoms with van der Waals surface area (Å²) in [7, 11) is 0. The standard InChI is InChI=1S/C19H22N2O2S/c22-18(11-16-8-10-24-14-16)20-17-12-19(23)21(13-17)9-4-7-15-5-2-1-3-6-15/h1-3,5-6,8,10,14,17H,4,7,9,11-13H2,(H,20,22)/t17-/m1/s1.